The summed E-state index contributed by atoms with van der Waals surface area (Å²) in [6, 6.07) is 23.8. The van der Waals surface area contributed by atoms with Crippen molar-refractivity contribution in [2.24, 2.45) is 0 Å². The number of pyridine rings is 1. The molecule has 37 heavy (non-hydrogen) atoms. The first kappa shape index (κ1) is 26.1. The Kier molecular flexibility index (Phi) is 7.71. The zero-order chi connectivity index (χ0) is 26.6. The predicted octanol–water partition coefficient (Wildman–Crippen LogP) is 5.48. The van der Waals surface area contributed by atoms with Gasteiger partial charge in [-0.1, -0.05) is 41.9 Å². The third kappa shape index (κ3) is 6.41. The lowest BCUT2D eigenvalue weighted by Gasteiger charge is -2.22. The number of nitrogens with zero attached hydrogens (tertiary/aromatic N) is 2. The van der Waals surface area contributed by atoms with Gasteiger partial charge in [0, 0.05) is 47.6 Å². The quantitative estimate of drug-likeness (QED) is 0.339. The van der Waals surface area contributed by atoms with E-state index < -0.39 is 15.7 Å². The molecule has 4 rings (SSSR count). The maximum Gasteiger partial charge on any atom is 0.258 e. The summed E-state index contributed by atoms with van der Waals surface area (Å²) in [5, 5.41) is 3.33. The molecule has 3 aromatic carbocycles. The van der Waals surface area contributed by atoms with E-state index in [9.17, 15) is 18.0 Å². The van der Waals surface area contributed by atoms with Crippen molar-refractivity contribution in [2.45, 2.75) is 5.75 Å². The normalized spacial score (nSPS) is 11.1. The molecule has 2 amide bonds. The van der Waals surface area contributed by atoms with E-state index in [-0.39, 0.29) is 17.2 Å². The van der Waals surface area contributed by atoms with Crippen molar-refractivity contribution in [3.63, 3.8) is 0 Å². The van der Waals surface area contributed by atoms with Gasteiger partial charge in [0.05, 0.1) is 16.5 Å². The number of halogens is 1. The zero-order valence-electron chi connectivity index (χ0n) is 20.2. The minimum atomic E-state index is -3.40. The fourth-order valence-corrected chi connectivity index (χ4v) is 4.85. The van der Waals surface area contributed by atoms with Crippen molar-refractivity contribution in [2.75, 3.05) is 23.5 Å². The van der Waals surface area contributed by atoms with E-state index in [0.717, 1.165) is 6.26 Å². The maximum atomic E-state index is 13.2. The maximum absolute atomic E-state index is 13.2. The zero-order valence-corrected chi connectivity index (χ0v) is 21.8. The topological polar surface area (TPSA) is 96.4 Å². The number of aromatic nitrogens is 1. The first-order valence-electron chi connectivity index (χ1n) is 11.3. The molecule has 188 valence electrons. The Bertz CT molecular complexity index is 1560. The van der Waals surface area contributed by atoms with Gasteiger partial charge in [-0.15, -0.1) is 0 Å². The smallest absolute Gasteiger partial charge is 0.258 e. The Morgan fingerprint density at radius 1 is 0.919 bits per heavy atom. The Hall–Kier alpha value is -4.01. The third-order valence-electron chi connectivity index (χ3n) is 5.62. The average Bonchev–Trinajstić information content (AvgIpc) is 2.89. The molecule has 0 saturated carbocycles. The van der Waals surface area contributed by atoms with Crippen molar-refractivity contribution < 1.29 is 18.0 Å². The first-order valence-corrected chi connectivity index (χ1v) is 13.7. The molecule has 4 aromatic rings. The number of sulfone groups is 1. The lowest BCUT2D eigenvalue weighted by Crippen LogP contribution is -2.28. The van der Waals surface area contributed by atoms with E-state index >= 15 is 0 Å². The molecule has 0 bridgehead atoms. The van der Waals surface area contributed by atoms with Crippen LogP contribution in [0.2, 0.25) is 5.02 Å². The Balaban J connectivity index is 1.66. The second-order valence-electron chi connectivity index (χ2n) is 8.51. The molecular formula is C28H24ClN3O4S. The van der Waals surface area contributed by atoms with Gasteiger partial charge in [-0.05, 0) is 60.2 Å². The number of carbonyl (C=O) groups excluding carboxylic acids is 2. The number of benzene rings is 3. The van der Waals surface area contributed by atoms with Crippen molar-refractivity contribution in [3.05, 3.63) is 113 Å². The van der Waals surface area contributed by atoms with Crippen LogP contribution in [0.4, 0.5) is 11.4 Å². The summed E-state index contributed by atoms with van der Waals surface area (Å²) in [7, 11) is -1.85. The lowest BCUT2D eigenvalue weighted by atomic mass is 10.1. The van der Waals surface area contributed by atoms with Gasteiger partial charge in [0.25, 0.3) is 11.8 Å². The molecule has 0 aliphatic rings. The highest BCUT2D eigenvalue weighted by Crippen LogP contribution is 2.30. The molecule has 0 spiro atoms. The van der Waals surface area contributed by atoms with Crippen LogP contribution in [-0.2, 0) is 15.6 Å². The van der Waals surface area contributed by atoms with Crippen molar-refractivity contribution >= 4 is 44.6 Å². The minimum Gasteiger partial charge on any atom is -0.322 e. The van der Waals surface area contributed by atoms with Gasteiger partial charge >= 0.3 is 0 Å². The molecule has 0 saturated heterocycles. The number of anilines is 2. The molecular weight excluding hydrogens is 510 g/mol. The van der Waals surface area contributed by atoms with Gasteiger partial charge in [-0.2, -0.15) is 0 Å². The molecule has 0 fully saturated rings. The van der Waals surface area contributed by atoms with Gasteiger partial charge in [-0.25, -0.2) is 8.42 Å². The van der Waals surface area contributed by atoms with Crippen LogP contribution in [0, 0.1) is 0 Å². The summed E-state index contributed by atoms with van der Waals surface area (Å²) in [5.74, 6) is -1.03. The Morgan fingerprint density at radius 2 is 1.65 bits per heavy atom. The molecule has 1 N–H and O–H groups in total. The van der Waals surface area contributed by atoms with Crippen LogP contribution in [0.15, 0.2) is 91.1 Å². The first-order chi connectivity index (χ1) is 17.6. The van der Waals surface area contributed by atoms with Gasteiger partial charge < -0.3 is 10.2 Å². The van der Waals surface area contributed by atoms with Gasteiger partial charge in [0.2, 0.25) is 0 Å². The van der Waals surface area contributed by atoms with Crippen molar-refractivity contribution in [1.82, 2.24) is 4.98 Å². The van der Waals surface area contributed by atoms with Crippen LogP contribution in [-0.4, -0.2) is 38.5 Å². The summed E-state index contributed by atoms with van der Waals surface area (Å²) >= 11 is 6.35. The second-order valence-corrected chi connectivity index (χ2v) is 11.1. The monoisotopic (exact) mass is 533 g/mol. The number of hydrogen-bond donors (Lipinski definition) is 1. The van der Waals surface area contributed by atoms with Gasteiger partial charge in [-0.3, -0.25) is 14.6 Å². The van der Waals surface area contributed by atoms with Crippen molar-refractivity contribution in [3.8, 4) is 11.3 Å². The highest BCUT2D eigenvalue weighted by Gasteiger charge is 2.21. The summed E-state index contributed by atoms with van der Waals surface area (Å²) in [6.45, 7) is 0. The largest absolute Gasteiger partial charge is 0.322 e. The van der Waals surface area contributed by atoms with Crippen molar-refractivity contribution in [1.29, 1.82) is 0 Å². The summed E-state index contributed by atoms with van der Waals surface area (Å²) in [5.41, 5.74) is 3.27. The fraction of sp³-hybridized carbons (Fsp3) is 0.107. The standard InChI is InChI=1S/C28H24ClN3O4S/c1-32(28(34)19-8-4-3-5-9-19)26-16-20(11-12-21(26)18-37(2,35)36)27(33)31-22-13-14-24(29)23(17-22)25-10-6-7-15-30-25/h3-17H,18H2,1-2H3,(H,31,33). The number of carbonyl (C=O) groups is 2. The van der Waals surface area contributed by atoms with E-state index in [4.69, 9.17) is 11.6 Å². The molecule has 0 aliphatic carbocycles. The summed E-state index contributed by atoms with van der Waals surface area (Å²) in [6.07, 6.45) is 2.78. The lowest BCUT2D eigenvalue weighted by molar-refractivity contribution is 0.0989. The molecule has 0 unspecified atom stereocenters. The van der Waals surface area contributed by atoms with E-state index in [2.05, 4.69) is 10.3 Å². The Morgan fingerprint density at radius 3 is 2.32 bits per heavy atom. The van der Waals surface area contributed by atoms with Gasteiger partial charge in [0.15, 0.2) is 9.84 Å². The number of hydrogen-bond acceptors (Lipinski definition) is 5. The molecule has 0 atom stereocenters. The molecule has 0 radical (unpaired) electrons. The van der Waals surface area contributed by atoms with E-state index in [1.165, 1.54) is 17.0 Å². The van der Waals surface area contributed by atoms with E-state index in [1.54, 1.807) is 73.9 Å². The highest BCUT2D eigenvalue weighted by atomic mass is 35.5. The molecule has 9 heteroatoms. The van der Waals surface area contributed by atoms with Crippen LogP contribution >= 0.6 is 11.6 Å². The van der Waals surface area contributed by atoms with Crippen LogP contribution < -0.4 is 10.2 Å². The van der Waals surface area contributed by atoms with E-state index in [0.29, 0.717) is 38.8 Å². The number of amides is 2. The Labute approximate surface area is 220 Å². The molecule has 1 heterocycles. The minimum absolute atomic E-state index is 0.259. The second kappa shape index (κ2) is 10.9. The van der Waals surface area contributed by atoms with Crippen LogP contribution in [0.25, 0.3) is 11.3 Å². The third-order valence-corrected chi connectivity index (χ3v) is 6.78. The van der Waals surface area contributed by atoms with Crippen LogP contribution in [0.3, 0.4) is 0 Å². The molecule has 0 aliphatic heterocycles. The average molecular weight is 534 g/mol. The van der Waals surface area contributed by atoms with Crippen LogP contribution in [0.5, 0.6) is 0 Å². The fourth-order valence-electron chi connectivity index (χ4n) is 3.83. The summed E-state index contributed by atoms with van der Waals surface area (Å²) < 4.78 is 24.1. The predicted molar refractivity (Wildman–Crippen MR) is 147 cm³/mol. The molecule has 1 aromatic heterocycles. The van der Waals surface area contributed by atoms with E-state index in [1.807, 2.05) is 12.1 Å². The molecule has 7 nitrogen and oxygen atoms in total. The summed E-state index contributed by atoms with van der Waals surface area (Å²) in [4.78, 5) is 31.9. The number of rotatable bonds is 7. The number of nitrogens with one attached hydrogen (secondary N) is 1. The highest BCUT2D eigenvalue weighted by molar-refractivity contribution is 7.89. The van der Waals surface area contributed by atoms with Crippen LogP contribution in [0.1, 0.15) is 26.3 Å². The SMILES string of the molecule is CN(C(=O)c1ccccc1)c1cc(C(=O)Nc2ccc(Cl)c(-c3ccccn3)c2)ccc1CS(C)(=O)=O. The van der Waals surface area contributed by atoms with Gasteiger partial charge in [0.1, 0.15) is 0 Å².